The molecule has 1 unspecified atom stereocenters. The molecule has 0 saturated carbocycles. The number of nitrogens with one attached hydrogen (secondary N) is 1. The summed E-state index contributed by atoms with van der Waals surface area (Å²) in [5.74, 6) is -0.0670. The van der Waals surface area contributed by atoms with E-state index in [-0.39, 0.29) is 5.91 Å². The van der Waals surface area contributed by atoms with Gasteiger partial charge in [-0.2, -0.15) is 0 Å². The van der Waals surface area contributed by atoms with Crippen molar-refractivity contribution in [2.24, 2.45) is 15.9 Å². The normalized spacial score (nSPS) is 16.6. The van der Waals surface area contributed by atoms with E-state index in [0.717, 1.165) is 22.4 Å². The van der Waals surface area contributed by atoms with Crippen LogP contribution >= 0.6 is 0 Å². The van der Waals surface area contributed by atoms with Crippen molar-refractivity contribution < 1.29 is 14.4 Å². The maximum absolute atomic E-state index is 11.6. The van der Waals surface area contributed by atoms with Gasteiger partial charge in [-0.3, -0.25) is 14.9 Å². The zero-order chi connectivity index (χ0) is 19.7. The lowest BCUT2D eigenvalue weighted by Crippen LogP contribution is -2.32. The van der Waals surface area contributed by atoms with E-state index in [0.29, 0.717) is 24.8 Å². The second-order valence-electron chi connectivity index (χ2n) is 6.64. The van der Waals surface area contributed by atoms with E-state index in [1.165, 1.54) is 0 Å². The van der Waals surface area contributed by atoms with E-state index in [2.05, 4.69) is 15.5 Å². The van der Waals surface area contributed by atoms with Crippen LogP contribution < -0.4 is 11.1 Å². The van der Waals surface area contributed by atoms with Gasteiger partial charge < -0.3 is 15.5 Å². The third-order valence-corrected chi connectivity index (χ3v) is 4.58. The van der Waals surface area contributed by atoms with Crippen LogP contribution in [-0.4, -0.2) is 41.0 Å². The van der Waals surface area contributed by atoms with Crippen LogP contribution in [0.25, 0.3) is 0 Å². The number of nitrogens with zero attached hydrogens (tertiary/aromatic N) is 3. The number of benzene rings is 2. The molecule has 0 bridgehead atoms. The Bertz CT molecular complexity index is 1000. The van der Waals surface area contributed by atoms with Crippen molar-refractivity contribution in [3.63, 3.8) is 0 Å². The second-order valence-corrected chi connectivity index (χ2v) is 6.64. The fourth-order valence-corrected chi connectivity index (χ4v) is 3.06. The van der Waals surface area contributed by atoms with Crippen LogP contribution in [0.1, 0.15) is 23.6 Å². The summed E-state index contributed by atoms with van der Waals surface area (Å²) in [7, 11) is 0. The Morgan fingerprint density at radius 1 is 1.21 bits per heavy atom. The Morgan fingerprint density at radius 3 is 2.75 bits per heavy atom. The fraction of sp³-hybridized carbons (Fsp3) is 0.200. The van der Waals surface area contributed by atoms with Crippen LogP contribution in [0.15, 0.2) is 58.7 Å². The van der Waals surface area contributed by atoms with Crippen LogP contribution in [0.3, 0.4) is 0 Å². The minimum Gasteiger partial charge on any atom is -0.382 e. The zero-order valence-corrected chi connectivity index (χ0v) is 15.3. The van der Waals surface area contributed by atoms with Gasteiger partial charge in [-0.1, -0.05) is 41.6 Å². The topological polar surface area (TPSA) is 109 Å². The Morgan fingerprint density at radius 2 is 2.00 bits per heavy atom. The molecule has 0 aromatic heterocycles. The molecule has 2 amide bonds. The van der Waals surface area contributed by atoms with Crippen LogP contribution in [0.5, 0.6) is 0 Å². The molecular formula is C20H19N5O3. The molecule has 142 valence electrons. The van der Waals surface area contributed by atoms with Crippen LogP contribution in [0, 0.1) is 0 Å². The minimum atomic E-state index is -0.842. The molecule has 2 aliphatic rings. The van der Waals surface area contributed by atoms with E-state index in [9.17, 15) is 9.59 Å². The molecule has 4 rings (SSSR count). The van der Waals surface area contributed by atoms with Crippen molar-refractivity contribution in [1.82, 2.24) is 10.2 Å². The maximum Gasteiger partial charge on any atom is 0.261 e. The Labute approximate surface area is 161 Å². The third kappa shape index (κ3) is 3.44. The molecule has 0 aliphatic carbocycles. The summed E-state index contributed by atoms with van der Waals surface area (Å²) in [6, 6.07) is 15.3. The number of fused-ring (bicyclic) bond motifs is 2. The van der Waals surface area contributed by atoms with E-state index in [1.54, 1.807) is 6.92 Å². The van der Waals surface area contributed by atoms with Crippen molar-refractivity contribution in [2.45, 2.75) is 19.6 Å². The van der Waals surface area contributed by atoms with E-state index in [4.69, 9.17) is 10.6 Å². The molecule has 28 heavy (non-hydrogen) atoms. The summed E-state index contributed by atoms with van der Waals surface area (Å²) in [5, 5.41) is 6.97. The van der Waals surface area contributed by atoms with Crippen molar-refractivity contribution in [1.29, 1.82) is 0 Å². The lowest BCUT2D eigenvalue weighted by atomic mass is 9.99. The first-order chi connectivity index (χ1) is 13.5. The molecule has 0 radical (unpaired) electrons. The van der Waals surface area contributed by atoms with E-state index >= 15 is 0 Å². The molecule has 2 heterocycles. The van der Waals surface area contributed by atoms with Gasteiger partial charge in [0.1, 0.15) is 12.3 Å². The molecule has 1 saturated heterocycles. The highest BCUT2D eigenvalue weighted by atomic mass is 16.6. The summed E-state index contributed by atoms with van der Waals surface area (Å²) in [6.45, 7) is 2.41. The summed E-state index contributed by atoms with van der Waals surface area (Å²) < 4.78 is 0. The summed E-state index contributed by atoms with van der Waals surface area (Å²) in [4.78, 5) is 34.6. The molecule has 2 aromatic carbocycles. The smallest absolute Gasteiger partial charge is 0.261 e. The molecule has 2 aliphatic heterocycles. The number of oxime groups is 1. The molecule has 3 N–H and O–H groups in total. The first-order valence-corrected chi connectivity index (χ1v) is 8.86. The molecular weight excluding hydrogens is 358 g/mol. The van der Waals surface area contributed by atoms with Gasteiger partial charge in [0, 0.05) is 17.7 Å². The predicted octanol–water partition coefficient (Wildman–Crippen LogP) is 1.26. The minimum absolute atomic E-state index is 0.0628. The number of aliphatic imine (C=N–C) groups is 1. The number of guanidine groups is 1. The average Bonchev–Trinajstić information content (AvgIpc) is 3.05. The Kier molecular flexibility index (Phi) is 4.52. The number of rotatable bonds is 5. The first kappa shape index (κ1) is 17.7. The number of hydrogen-bond donors (Lipinski definition) is 2. The van der Waals surface area contributed by atoms with Crippen LogP contribution in [-0.2, 0) is 21.0 Å². The van der Waals surface area contributed by atoms with Crippen molar-refractivity contribution in [2.75, 3.05) is 6.54 Å². The molecule has 8 heteroatoms. The summed E-state index contributed by atoms with van der Waals surface area (Å²) >= 11 is 0. The lowest BCUT2D eigenvalue weighted by molar-refractivity contribution is -0.128. The monoisotopic (exact) mass is 377 g/mol. The lowest BCUT2D eigenvalue weighted by Gasteiger charge is -2.23. The summed E-state index contributed by atoms with van der Waals surface area (Å²) in [6.07, 6.45) is -0.842. The third-order valence-electron chi connectivity index (χ3n) is 4.58. The van der Waals surface area contributed by atoms with Gasteiger partial charge in [-0.15, -0.1) is 0 Å². The largest absolute Gasteiger partial charge is 0.382 e. The van der Waals surface area contributed by atoms with E-state index < -0.39 is 12.0 Å². The van der Waals surface area contributed by atoms with Crippen LogP contribution in [0.2, 0.25) is 0 Å². The molecule has 8 nitrogen and oxygen atoms in total. The van der Waals surface area contributed by atoms with Gasteiger partial charge in [-0.05, 0) is 24.6 Å². The Hall–Kier alpha value is -3.68. The highest BCUT2D eigenvalue weighted by Crippen LogP contribution is 2.29. The van der Waals surface area contributed by atoms with Crippen molar-refractivity contribution in [3.8, 4) is 0 Å². The number of nitrogens with two attached hydrogens (primary N) is 1. The fourth-order valence-electron chi connectivity index (χ4n) is 3.06. The second kappa shape index (κ2) is 7.15. The standard InChI is InChI=1S/C20H19N5O3/c1-12(19(21)27)28-24-18(13-5-3-2-4-6-13)14-7-8-16-15(9-14)10-25-11-17(26)23-20(25)22-16/h2-9,12H,10-11H2,1H3,(H2,21,27)(H,22,23,26). The quantitative estimate of drug-likeness (QED) is 0.604. The number of carbonyl (C=O) groups excluding carboxylic acids is 2. The number of hydrogen-bond acceptors (Lipinski definition) is 6. The average molecular weight is 377 g/mol. The van der Waals surface area contributed by atoms with Crippen molar-refractivity contribution >= 4 is 29.2 Å². The number of amides is 2. The zero-order valence-electron chi connectivity index (χ0n) is 15.3. The highest BCUT2D eigenvalue weighted by Gasteiger charge is 2.29. The van der Waals surface area contributed by atoms with Gasteiger partial charge in [-0.25, -0.2) is 4.99 Å². The van der Waals surface area contributed by atoms with Gasteiger partial charge in [0.15, 0.2) is 0 Å². The van der Waals surface area contributed by atoms with Crippen molar-refractivity contribution in [3.05, 3.63) is 65.2 Å². The maximum atomic E-state index is 11.6. The van der Waals surface area contributed by atoms with Gasteiger partial charge >= 0.3 is 0 Å². The van der Waals surface area contributed by atoms with Crippen LogP contribution in [0.4, 0.5) is 5.69 Å². The molecule has 0 spiro atoms. The highest BCUT2D eigenvalue weighted by molar-refractivity contribution is 6.13. The summed E-state index contributed by atoms with van der Waals surface area (Å²) in [5.41, 5.74) is 9.29. The molecule has 2 aromatic rings. The first-order valence-electron chi connectivity index (χ1n) is 8.86. The van der Waals surface area contributed by atoms with Gasteiger partial charge in [0.25, 0.3) is 5.91 Å². The number of primary amides is 1. The van der Waals surface area contributed by atoms with Gasteiger partial charge in [0.2, 0.25) is 18.0 Å². The SMILES string of the molecule is CC(ON=C(c1ccccc1)c1ccc2c(c1)CN1CC(=O)NC1=N2)C(N)=O. The Balaban J connectivity index is 1.70. The predicted molar refractivity (Wildman–Crippen MR) is 104 cm³/mol. The van der Waals surface area contributed by atoms with Gasteiger partial charge in [0.05, 0.1) is 5.69 Å². The van der Waals surface area contributed by atoms with E-state index in [1.807, 2.05) is 53.4 Å². The molecule has 1 fully saturated rings. The molecule has 1 atom stereocenters. The number of carbonyl (C=O) groups is 2.